The van der Waals surface area contributed by atoms with Gasteiger partial charge in [0.25, 0.3) is 0 Å². The van der Waals surface area contributed by atoms with Crippen molar-refractivity contribution >= 4 is 11.0 Å². The molecule has 0 fully saturated rings. The summed E-state index contributed by atoms with van der Waals surface area (Å²) in [6, 6.07) is 3.48. The Morgan fingerprint density at radius 2 is 1.65 bits per heavy atom. The molecule has 1 aromatic heterocycles. The fourth-order valence-electron chi connectivity index (χ4n) is 1.80. The average Bonchev–Trinajstić information content (AvgIpc) is 2.45. The second kappa shape index (κ2) is 5.14. The van der Waals surface area contributed by atoms with Gasteiger partial charge in [0.05, 0.1) is 12.5 Å². The van der Waals surface area contributed by atoms with Gasteiger partial charge in [-0.05, 0) is 12.1 Å². The van der Waals surface area contributed by atoms with Gasteiger partial charge in [-0.25, -0.2) is 0 Å². The molecule has 0 bridgehead atoms. The van der Waals surface area contributed by atoms with Crippen LogP contribution in [0.2, 0.25) is 0 Å². The molecule has 0 radical (unpaired) electrons. The van der Waals surface area contributed by atoms with E-state index in [0.29, 0.717) is 0 Å². The fraction of sp³-hybridized carbons (Fsp3) is 0.308. The summed E-state index contributed by atoms with van der Waals surface area (Å²) in [7, 11) is 1.07. The first-order valence-electron chi connectivity index (χ1n) is 5.87. The van der Waals surface area contributed by atoms with E-state index in [9.17, 15) is 35.5 Å². The Bertz CT molecular complexity index is 792. The van der Waals surface area contributed by atoms with Crippen LogP contribution in [-0.4, -0.2) is 19.2 Å². The van der Waals surface area contributed by atoms with Crippen LogP contribution in [0.3, 0.4) is 0 Å². The second-order valence-electron chi connectivity index (χ2n) is 4.46. The molecule has 2 rings (SSSR count). The molecule has 0 amide bonds. The molecule has 0 unspecified atom stereocenters. The van der Waals surface area contributed by atoms with Crippen LogP contribution in [0.1, 0.15) is 5.76 Å². The summed E-state index contributed by atoms with van der Waals surface area (Å²) in [5.74, 6) is -14.6. The van der Waals surface area contributed by atoms with E-state index in [4.69, 9.17) is 4.74 Å². The monoisotopic (exact) mass is 344 g/mol. The predicted molar refractivity (Wildman–Crippen MR) is 63.9 cm³/mol. The second-order valence-corrected chi connectivity index (χ2v) is 4.46. The summed E-state index contributed by atoms with van der Waals surface area (Å²) in [6.45, 7) is 0. The molecule has 23 heavy (non-hydrogen) atoms. The molecule has 0 N–H and O–H groups in total. The van der Waals surface area contributed by atoms with Gasteiger partial charge in [0, 0.05) is 6.07 Å². The van der Waals surface area contributed by atoms with Crippen LogP contribution >= 0.6 is 0 Å². The van der Waals surface area contributed by atoms with Gasteiger partial charge in [-0.2, -0.15) is 30.7 Å². The molecule has 0 saturated carbocycles. The molecule has 0 saturated heterocycles. The third kappa shape index (κ3) is 2.51. The van der Waals surface area contributed by atoms with Crippen molar-refractivity contribution < 1.29 is 39.9 Å². The zero-order valence-electron chi connectivity index (χ0n) is 11.2. The van der Waals surface area contributed by atoms with Crippen molar-refractivity contribution in [3.05, 3.63) is 40.2 Å². The van der Waals surface area contributed by atoms with Gasteiger partial charge in [-0.15, -0.1) is 0 Å². The van der Waals surface area contributed by atoms with E-state index < -0.39 is 34.8 Å². The first-order chi connectivity index (χ1) is 10.4. The number of alkyl halides is 7. The molecule has 0 aliphatic carbocycles. The van der Waals surface area contributed by atoms with Gasteiger partial charge < -0.3 is 9.15 Å². The zero-order chi connectivity index (χ0) is 17.6. The third-order valence-corrected chi connectivity index (χ3v) is 3.00. The van der Waals surface area contributed by atoms with Gasteiger partial charge in [0.1, 0.15) is 0 Å². The van der Waals surface area contributed by atoms with Crippen LogP contribution < -0.4 is 10.2 Å². The van der Waals surface area contributed by atoms with Crippen LogP contribution in [0.4, 0.5) is 30.7 Å². The lowest BCUT2D eigenvalue weighted by Gasteiger charge is -2.27. The summed E-state index contributed by atoms with van der Waals surface area (Å²) in [5.41, 5.74) is -1.87. The van der Waals surface area contributed by atoms with Crippen LogP contribution in [0.25, 0.3) is 11.0 Å². The fourth-order valence-corrected chi connectivity index (χ4v) is 1.80. The Hall–Kier alpha value is -2.26. The number of hydrogen-bond acceptors (Lipinski definition) is 3. The predicted octanol–water partition coefficient (Wildman–Crippen LogP) is 4.09. The summed E-state index contributed by atoms with van der Waals surface area (Å²) in [6.07, 6.45) is -6.54. The smallest absolute Gasteiger partial charge is 0.460 e. The highest BCUT2D eigenvalue weighted by molar-refractivity contribution is 5.82. The summed E-state index contributed by atoms with van der Waals surface area (Å²) in [4.78, 5) is 11.7. The largest absolute Gasteiger partial charge is 0.493 e. The average molecular weight is 344 g/mol. The maximum atomic E-state index is 13.6. The number of hydrogen-bond donors (Lipinski definition) is 0. The highest BCUT2D eigenvalue weighted by Crippen LogP contribution is 2.51. The van der Waals surface area contributed by atoms with E-state index in [1.807, 2.05) is 0 Å². The quantitative estimate of drug-likeness (QED) is 0.788. The lowest BCUT2D eigenvalue weighted by atomic mass is 10.1. The zero-order valence-corrected chi connectivity index (χ0v) is 11.2. The van der Waals surface area contributed by atoms with Crippen LogP contribution in [0.15, 0.2) is 33.5 Å². The van der Waals surface area contributed by atoms with Crippen molar-refractivity contribution in [2.45, 2.75) is 18.0 Å². The molecule has 0 aliphatic rings. The number of benzene rings is 1. The Morgan fingerprint density at radius 1 is 1.04 bits per heavy atom. The van der Waals surface area contributed by atoms with E-state index in [0.717, 1.165) is 19.2 Å². The minimum absolute atomic E-state index is 0.0958. The maximum absolute atomic E-state index is 13.6. The van der Waals surface area contributed by atoms with Gasteiger partial charge in [0.2, 0.25) is 0 Å². The van der Waals surface area contributed by atoms with Crippen molar-refractivity contribution in [1.29, 1.82) is 0 Å². The van der Waals surface area contributed by atoms with Crippen molar-refractivity contribution in [2.75, 3.05) is 7.11 Å². The minimum atomic E-state index is -6.54. The molecule has 3 nitrogen and oxygen atoms in total. The number of halogens is 7. The molecule has 0 aliphatic heterocycles. The lowest BCUT2D eigenvalue weighted by Crippen LogP contribution is -2.50. The number of methoxy groups -OCH3 is 1. The molecule has 2 aromatic rings. The molecule has 126 valence electrons. The van der Waals surface area contributed by atoms with E-state index in [1.165, 1.54) is 6.07 Å². The SMILES string of the molecule is COc1cccc2c(=O)cc(C(F)(F)C(F)(F)C(F)(F)F)oc12. The van der Waals surface area contributed by atoms with Crippen molar-refractivity contribution in [3.8, 4) is 5.75 Å². The standard InChI is InChI=1S/C13H7F7O3/c1-22-8-4-2-3-6-7(21)5-9(23-10(6)8)11(14,15)12(16,17)13(18,19)20/h2-5H,1H3. The molecule has 10 heteroatoms. The summed E-state index contributed by atoms with van der Waals surface area (Å²) in [5, 5.41) is -0.306. The number of para-hydroxylation sites is 1. The number of fused-ring (bicyclic) bond motifs is 1. The van der Waals surface area contributed by atoms with E-state index in [-0.39, 0.29) is 17.2 Å². The molecule has 1 aromatic carbocycles. The summed E-state index contributed by atoms with van der Waals surface area (Å²) >= 11 is 0. The number of rotatable bonds is 3. The van der Waals surface area contributed by atoms with E-state index in [2.05, 4.69) is 4.42 Å². The van der Waals surface area contributed by atoms with Gasteiger partial charge in [-0.1, -0.05) is 6.07 Å². The van der Waals surface area contributed by atoms with Gasteiger partial charge >= 0.3 is 18.0 Å². The van der Waals surface area contributed by atoms with Crippen LogP contribution in [0, 0.1) is 0 Å². The molecule has 1 heterocycles. The molecular weight excluding hydrogens is 337 g/mol. The minimum Gasteiger partial charge on any atom is -0.493 e. The van der Waals surface area contributed by atoms with Crippen LogP contribution in [-0.2, 0) is 5.92 Å². The number of ether oxygens (including phenoxy) is 1. The third-order valence-electron chi connectivity index (χ3n) is 3.00. The normalized spacial score (nSPS) is 13.4. The lowest BCUT2D eigenvalue weighted by molar-refractivity contribution is -0.363. The molecule has 0 spiro atoms. The van der Waals surface area contributed by atoms with Gasteiger partial charge in [0.15, 0.2) is 22.5 Å². The van der Waals surface area contributed by atoms with Crippen LogP contribution in [0.5, 0.6) is 5.75 Å². The summed E-state index contributed by atoms with van der Waals surface area (Å²) < 4.78 is 99.1. The Labute approximate surface area is 123 Å². The van der Waals surface area contributed by atoms with E-state index >= 15 is 0 Å². The van der Waals surface area contributed by atoms with Gasteiger partial charge in [-0.3, -0.25) is 4.79 Å². The Kier molecular flexibility index (Phi) is 3.82. The van der Waals surface area contributed by atoms with Crippen molar-refractivity contribution in [1.82, 2.24) is 0 Å². The molecule has 0 atom stereocenters. The first kappa shape index (κ1) is 17.1. The van der Waals surface area contributed by atoms with Crippen molar-refractivity contribution in [3.63, 3.8) is 0 Å². The molecular formula is C13H7F7O3. The first-order valence-corrected chi connectivity index (χ1v) is 5.87. The topological polar surface area (TPSA) is 39.4 Å². The van der Waals surface area contributed by atoms with E-state index in [1.54, 1.807) is 0 Å². The maximum Gasteiger partial charge on any atom is 0.460 e. The van der Waals surface area contributed by atoms with Crippen molar-refractivity contribution in [2.24, 2.45) is 0 Å². The Morgan fingerprint density at radius 3 is 2.17 bits per heavy atom. The highest BCUT2D eigenvalue weighted by Gasteiger charge is 2.75. The Balaban J connectivity index is 2.76. The highest BCUT2D eigenvalue weighted by atomic mass is 19.4.